The Morgan fingerprint density at radius 3 is 2.60 bits per heavy atom. The van der Waals surface area contributed by atoms with Crippen LogP contribution in [0, 0.1) is 29.1 Å². The van der Waals surface area contributed by atoms with Crippen molar-refractivity contribution in [2.45, 2.75) is 58.1 Å². The molecule has 2 fully saturated rings. The molecule has 1 saturated carbocycles. The maximum atomic E-state index is 9.67. The van der Waals surface area contributed by atoms with Gasteiger partial charge >= 0.3 is 0 Å². The van der Waals surface area contributed by atoms with Gasteiger partial charge in [0, 0.05) is 37.5 Å². The van der Waals surface area contributed by atoms with Gasteiger partial charge in [-0.05, 0) is 55.6 Å². The molecule has 35 heavy (non-hydrogen) atoms. The Morgan fingerprint density at radius 1 is 1.14 bits per heavy atom. The largest absolute Gasteiger partial charge is 0.381 e. The van der Waals surface area contributed by atoms with Gasteiger partial charge in [0.2, 0.25) is 5.82 Å². The van der Waals surface area contributed by atoms with Gasteiger partial charge in [-0.25, -0.2) is 9.97 Å². The Balaban J connectivity index is 1.69. The minimum Gasteiger partial charge on any atom is -0.381 e. The van der Waals surface area contributed by atoms with Gasteiger partial charge in [0.1, 0.15) is 29.2 Å². The molecule has 0 radical (unpaired) electrons. The summed E-state index contributed by atoms with van der Waals surface area (Å²) in [5.74, 6) is 2.63. The average Bonchev–Trinajstić information content (AvgIpc) is 3.23. The van der Waals surface area contributed by atoms with Gasteiger partial charge < -0.3 is 14.0 Å². The zero-order valence-corrected chi connectivity index (χ0v) is 21.2. The number of nitriles is 1. The van der Waals surface area contributed by atoms with Crippen molar-refractivity contribution >= 4 is 22.8 Å². The highest BCUT2D eigenvalue weighted by Crippen LogP contribution is 2.38. The van der Waals surface area contributed by atoms with Gasteiger partial charge in [0.05, 0.1) is 0 Å². The molecule has 3 heterocycles. The van der Waals surface area contributed by atoms with E-state index in [-0.39, 0.29) is 11.9 Å². The molecule has 5 rings (SSSR count). The lowest BCUT2D eigenvalue weighted by Gasteiger charge is -2.31. The van der Waals surface area contributed by atoms with Crippen LogP contribution in [0.25, 0.3) is 22.4 Å². The zero-order chi connectivity index (χ0) is 24.4. The van der Waals surface area contributed by atoms with E-state index in [2.05, 4.69) is 27.5 Å². The van der Waals surface area contributed by atoms with Crippen molar-refractivity contribution < 1.29 is 9.47 Å². The highest BCUT2D eigenvalue weighted by molar-refractivity contribution is 6.30. The molecule has 7 nitrogen and oxygen atoms in total. The predicted molar refractivity (Wildman–Crippen MR) is 135 cm³/mol. The molecular weight excluding hydrogens is 462 g/mol. The van der Waals surface area contributed by atoms with Gasteiger partial charge in [0.25, 0.3) is 0 Å². The molecule has 3 aromatic rings. The second-order valence-corrected chi connectivity index (χ2v) is 10.4. The summed E-state index contributed by atoms with van der Waals surface area (Å²) >= 11 is 6.35. The molecule has 184 valence electrons. The fraction of sp³-hybridized carbons (Fsp3) is 0.556. The summed E-state index contributed by atoms with van der Waals surface area (Å²) in [6.45, 7) is 4.65. The number of aromatic nitrogens is 4. The Hall–Kier alpha value is -2.53. The quantitative estimate of drug-likeness (QED) is 0.421. The Morgan fingerprint density at radius 2 is 1.91 bits per heavy atom. The van der Waals surface area contributed by atoms with Gasteiger partial charge in [-0.1, -0.05) is 43.5 Å². The summed E-state index contributed by atoms with van der Waals surface area (Å²) in [5, 5.41) is 10.3. The van der Waals surface area contributed by atoms with Crippen molar-refractivity contribution in [1.29, 1.82) is 5.26 Å². The van der Waals surface area contributed by atoms with E-state index in [0.717, 1.165) is 55.4 Å². The molecule has 1 aliphatic heterocycles. The standard InChI is InChI=1S/C27H32ClN5O2/c1-17-6-8-18(9-7-17)16-33-24-23(20-4-3-5-21(28)14-20)30-22(15-29)31-26(24)32-27(33)25(34-2)19-10-12-35-13-11-19/h3-5,14,17-19,25H,6-13,16H2,1-2H3/t17-,18-,25?. The summed E-state index contributed by atoms with van der Waals surface area (Å²) in [4.78, 5) is 14.2. The van der Waals surface area contributed by atoms with Crippen LogP contribution in [0.2, 0.25) is 5.02 Å². The second-order valence-electron chi connectivity index (χ2n) is 10.0. The van der Waals surface area contributed by atoms with Crippen molar-refractivity contribution in [3.05, 3.63) is 40.9 Å². The van der Waals surface area contributed by atoms with Crippen LogP contribution in [0.1, 0.15) is 63.2 Å². The topological polar surface area (TPSA) is 85.9 Å². The van der Waals surface area contributed by atoms with Crippen LogP contribution in [0.3, 0.4) is 0 Å². The Bertz CT molecular complexity index is 1220. The molecule has 0 amide bonds. The lowest BCUT2D eigenvalue weighted by atomic mass is 9.83. The maximum Gasteiger partial charge on any atom is 0.234 e. The normalized spacial score (nSPS) is 22.2. The number of methoxy groups -OCH3 is 1. The van der Waals surface area contributed by atoms with Crippen LogP contribution in [-0.2, 0) is 16.0 Å². The van der Waals surface area contributed by atoms with Gasteiger partial charge in [-0.2, -0.15) is 10.2 Å². The Kier molecular flexibility index (Phi) is 7.33. The number of hydrogen-bond donors (Lipinski definition) is 0. The summed E-state index contributed by atoms with van der Waals surface area (Å²) in [5.41, 5.74) is 2.94. The van der Waals surface area contributed by atoms with Crippen LogP contribution in [0.4, 0.5) is 0 Å². The number of rotatable bonds is 6. The van der Waals surface area contributed by atoms with Crippen LogP contribution < -0.4 is 0 Å². The highest BCUT2D eigenvalue weighted by Gasteiger charge is 2.32. The van der Waals surface area contributed by atoms with Gasteiger partial charge in [-0.15, -0.1) is 0 Å². The summed E-state index contributed by atoms with van der Waals surface area (Å²) in [6.07, 6.45) is 6.57. The smallest absolute Gasteiger partial charge is 0.234 e. The fourth-order valence-electron chi connectivity index (χ4n) is 5.64. The first-order valence-corrected chi connectivity index (χ1v) is 13.0. The minimum absolute atomic E-state index is 0.107. The van der Waals surface area contributed by atoms with Gasteiger partial charge in [0.15, 0.2) is 5.65 Å². The van der Waals surface area contributed by atoms with Crippen LogP contribution >= 0.6 is 11.6 Å². The maximum absolute atomic E-state index is 9.67. The first-order chi connectivity index (χ1) is 17.1. The fourth-order valence-corrected chi connectivity index (χ4v) is 5.83. The molecule has 2 aliphatic rings. The average molecular weight is 494 g/mol. The predicted octanol–water partition coefficient (Wildman–Crippen LogP) is 5.96. The third-order valence-electron chi connectivity index (χ3n) is 7.61. The third-order valence-corrected chi connectivity index (χ3v) is 7.84. The van der Waals surface area contributed by atoms with E-state index in [1.54, 1.807) is 7.11 Å². The van der Waals surface area contributed by atoms with Crippen LogP contribution in [0.15, 0.2) is 24.3 Å². The SMILES string of the molecule is COC(c1nc2nc(C#N)nc(-c3cccc(Cl)c3)c2n1C[C@H]1CC[C@H](C)CC1)C1CCOCC1. The summed E-state index contributed by atoms with van der Waals surface area (Å²) < 4.78 is 14.0. The summed E-state index contributed by atoms with van der Waals surface area (Å²) in [6, 6.07) is 9.72. The van der Waals surface area contributed by atoms with Crippen molar-refractivity contribution in [3.63, 3.8) is 0 Å². The highest BCUT2D eigenvalue weighted by atomic mass is 35.5. The first-order valence-electron chi connectivity index (χ1n) is 12.6. The van der Waals surface area contributed by atoms with Crippen molar-refractivity contribution in [1.82, 2.24) is 19.5 Å². The molecule has 1 unspecified atom stereocenters. The molecule has 8 heteroatoms. The Labute approximate surface area is 211 Å². The lowest BCUT2D eigenvalue weighted by molar-refractivity contribution is -0.0200. The summed E-state index contributed by atoms with van der Waals surface area (Å²) in [7, 11) is 1.76. The number of hydrogen-bond acceptors (Lipinski definition) is 6. The van der Waals surface area contributed by atoms with E-state index in [1.807, 2.05) is 24.3 Å². The van der Waals surface area contributed by atoms with Crippen molar-refractivity contribution in [2.24, 2.45) is 17.8 Å². The number of ether oxygens (including phenoxy) is 2. The van der Waals surface area contributed by atoms with E-state index >= 15 is 0 Å². The molecular formula is C27H32ClN5O2. The van der Waals surface area contributed by atoms with E-state index in [4.69, 9.17) is 26.1 Å². The van der Waals surface area contributed by atoms with Crippen molar-refractivity contribution in [3.8, 4) is 17.3 Å². The minimum atomic E-state index is -0.173. The number of nitrogens with zero attached hydrogens (tertiary/aromatic N) is 5. The number of fused-ring (bicyclic) bond motifs is 1. The monoisotopic (exact) mass is 493 g/mol. The molecule has 0 bridgehead atoms. The molecule has 1 aliphatic carbocycles. The number of imidazole rings is 1. The molecule has 0 N–H and O–H groups in total. The second kappa shape index (κ2) is 10.6. The number of halogens is 1. The molecule has 1 saturated heterocycles. The molecule has 1 atom stereocenters. The van der Waals surface area contributed by atoms with E-state index in [0.29, 0.717) is 28.2 Å². The number of benzene rings is 1. The lowest BCUT2D eigenvalue weighted by Crippen LogP contribution is -2.27. The van der Waals surface area contributed by atoms with Gasteiger partial charge in [-0.3, -0.25) is 0 Å². The van der Waals surface area contributed by atoms with E-state index in [9.17, 15) is 5.26 Å². The molecule has 1 aromatic carbocycles. The van der Waals surface area contributed by atoms with Crippen LogP contribution in [-0.4, -0.2) is 39.8 Å². The molecule has 2 aromatic heterocycles. The van der Waals surface area contributed by atoms with Crippen LogP contribution in [0.5, 0.6) is 0 Å². The van der Waals surface area contributed by atoms with E-state index < -0.39 is 0 Å². The van der Waals surface area contributed by atoms with Crippen molar-refractivity contribution in [2.75, 3.05) is 20.3 Å². The zero-order valence-electron chi connectivity index (χ0n) is 20.4. The third kappa shape index (κ3) is 5.06. The van der Waals surface area contributed by atoms with E-state index in [1.165, 1.54) is 25.7 Å². The first kappa shape index (κ1) is 24.2. The molecule has 0 spiro atoms.